The summed E-state index contributed by atoms with van der Waals surface area (Å²) in [5, 5.41) is 0. The fourth-order valence-corrected chi connectivity index (χ4v) is 2.17. The Bertz CT molecular complexity index is 364. The summed E-state index contributed by atoms with van der Waals surface area (Å²) in [6.45, 7) is 3.14. The summed E-state index contributed by atoms with van der Waals surface area (Å²) < 4.78 is 5.41. The van der Waals surface area contributed by atoms with E-state index in [1.165, 1.54) is 5.56 Å². The van der Waals surface area contributed by atoms with Crippen LogP contribution in [0.25, 0.3) is 0 Å². The third-order valence-electron chi connectivity index (χ3n) is 3.08. The number of amides is 1. The maximum absolute atomic E-state index is 11.9. The minimum Gasteiger partial charge on any atom is -0.359 e. The molecular weight excluding hydrogens is 214 g/mol. The Hall–Kier alpha value is -1.35. The lowest BCUT2D eigenvalue weighted by atomic mass is 10.1. The molecule has 1 amide bonds. The van der Waals surface area contributed by atoms with E-state index in [4.69, 9.17) is 4.74 Å². The average Bonchev–Trinajstić information content (AvgIpc) is 2.79. The lowest BCUT2D eigenvalue weighted by Gasteiger charge is -2.22. The quantitative estimate of drug-likeness (QED) is 0.798. The third kappa shape index (κ3) is 3.07. The molecule has 17 heavy (non-hydrogen) atoms. The van der Waals surface area contributed by atoms with E-state index in [1.54, 1.807) is 0 Å². The van der Waals surface area contributed by atoms with Crippen molar-refractivity contribution >= 4 is 5.91 Å². The third-order valence-corrected chi connectivity index (χ3v) is 3.08. The van der Waals surface area contributed by atoms with Crippen molar-refractivity contribution in [2.75, 3.05) is 13.3 Å². The minimum absolute atomic E-state index is 0.205. The first kappa shape index (κ1) is 12.1. The average molecular weight is 233 g/mol. The van der Waals surface area contributed by atoms with Crippen LogP contribution in [0.2, 0.25) is 0 Å². The van der Waals surface area contributed by atoms with Crippen molar-refractivity contribution in [2.24, 2.45) is 0 Å². The SMILES string of the molecule is CCCC(=O)N1COC[C@@H]1Cc1ccccc1. The lowest BCUT2D eigenvalue weighted by molar-refractivity contribution is -0.133. The van der Waals surface area contributed by atoms with Gasteiger partial charge in [-0.2, -0.15) is 0 Å². The van der Waals surface area contributed by atoms with Crippen LogP contribution < -0.4 is 0 Å². The van der Waals surface area contributed by atoms with Gasteiger partial charge in [-0.05, 0) is 18.4 Å². The van der Waals surface area contributed by atoms with Crippen molar-refractivity contribution in [2.45, 2.75) is 32.2 Å². The van der Waals surface area contributed by atoms with Crippen LogP contribution in [-0.4, -0.2) is 30.2 Å². The Labute approximate surface area is 102 Å². The van der Waals surface area contributed by atoms with Gasteiger partial charge in [0, 0.05) is 6.42 Å². The molecule has 0 unspecified atom stereocenters. The number of nitrogens with zero attached hydrogens (tertiary/aromatic N) is 1. The van der Waals surface area contributed by atoms with E-state index in [0.717, 1.165) is 12.8 Å². The van der Waals surface area contributed by atoms with Crippen molar-refractivity contribution in [1.29, 1.82) is 0 Å². The van der Waals surface area contributed by atoms with Gasteiger partial charge in [-0.15, -0.1) is 0 Å². The number of hydrogen-bond donors (Lipinski definition) is 0. The summed E-state index contributed by atoms with van der Waals surface area (Å²) in [5.41, 5.74) is 1.26. The molecule has 0 N–H and O–H groups in total. The van der Waals surface area contributed by atoms with Gasteiger partial charge in [0.2, 0.25) is 5.91 Å². The van der Waals surface area contributed by atoms with Gasteiger partial charge in [-0.1, -0.05) is 37.3 Å². The van der Waals surface area contributed by atoms with Crippen molar-refractivity contribution in [3.8, 4) is 0 Å². The number of hydrogen-bond acceptors (Lipinski definition) is 2. The summed E-state index contributed by atoms with van der Waals surface area (Å²) in [4.78, 5) is 13.8. The van der Waals surface area contributed by atoms with Gasteiger partial charge < -0.3 is 9.64 Å². The van der Waals surface area contributed by atoms with Crippen LogP contribution >= 0.6 is 0 Å². The van der Waals surface area contributed by atoms with E-state index in [9.17, 15) is 4.79 Å². The van der Waals surface area contributed by atoms with Crippen molar-refractivity contribution < 1.29 is 9.53 Å². The number of benzene rings is 1. The van der Waals surface area contributed by atoms with Crippen molar-refractivity contribution in [3.05, 3.63) is 35.9 Å². The van der Waals surface area contributed by atoms with Crippen molar-refractivity contribution in [3.63, 3.8) is 0 Å². The molecular formula is C14H19NO2. The fourth-order valence-electron chi connectivity index (χ4n) is 2.17. The Balaban J connectivity index is 1.98. The van der Waals surface area contributed by atoms with Gasteiger partial charge in [0.1, 0.15) is 6.73 Å². The van der Waals surface area contributed by atoms with Crippen LogP contribution in [0.15, 0.2) is 30.3 Å². The molecule has 0 radical (unpaired) electrons. The van der Waals surface area contributed by atoms with Gasteiger partial charge in [-0.25, -0.2) is 0 Å². The molecule has 1 aliphatic heterocycles. The van der Waals surface area contributed by atoms with Crippen LogP contribution in [0.5, 0.6) is 0 Å². The second-order valence-electron chi connectivity index (χ2n) is 4.46. The van der Waals surface area contributed by atoms with Crippen LogP contribution in [0.4, 0.5) is 0 Å². The molecule has 2 rings (SSSR count). The Morgan fingerprint density at radius 2 is 2.18 bits per heavy atom. The van der Waals surface area contributed by atoms with Crippen LogP contribution in [0.1, 0.15) is 25.3 Å². The zero-order valence-corrected chi connectivity index (χ0v) is 10.3. The normalized spacial score (nSPS) is 19.6. The molecule has 3 heteroatoms. The van der Waals surface area contributed by atoms with Gasteiger partial charge in [-0.3, -0.25) is 4.79 Å². The fraction of sp³-hybridized carbons (Fsp3) is 0.500. The van der Waals surface area contributed by atoms with E-state index in [-0.39, 0.29) is 11.9 Å². The molecule has 1 fully saturated rings. The molecule has 0 bridgehead atoms. The summed E-state index contributed by atoms with van der Waals surface area (Å²) in [5.74, 6) is 0.214. The Morgan fingerprint density at radius 3 is 2.88 bits per heavy atom. The zero-order valence-electron chi connectivity index (χ0n) is 10.3. The first-order chi connectivity index (χ1) is 8.31. The molecule has 1 heterocycles. The Morgan fingerprint density at radius 1 is 1.41 bits per heavy atom. The number of carbonyl (C=O) groups excluding carboxylic acids is 1. The van der Waals surface area contributed by atoms with Gasteiger partial charge >= 0.3 is 0 Å². The monoisotopic (exact) mass is 233 g/mol. The van der Waals surface area contributed by atoms with E-state index >= 15 is 0 Å². The molecule has 1 atom stereocenters. The minimum atomic E-state index is 0.205. The summed E-state index contributed by atoms with van der Waals surface area (Å²) >= 11 is 0. The first-order valence-corrected chi connectivity index (χ1v) is 6.22. The second kappa shape index (κ2) is 5.82. The maximum atomic E-state index is 11.9. The topological polar surface area (TPSA) is 29.5 Å². The van der Waals surface area contributed by atoms with E-state index < -0.39 is 0 Å². The lowest BCUT2D eigenvalue weighted by Crippen LogP contribution is -2.37. The maximum Gasteiger partial charge on any atom is 0.224 e. The highest BCUT2D eigenvalue weighted by molar-refractivity contribution is 5.76. The van der Waals surface area contributed by atoms with Crippen LogP contribution in [0, 0.1) is 0 Å². The molecule has 92 valence electrons. The zero-order chi connectivity index (χ0) is 12.1. The van der Waals surface area contributed by atoms with Gasteiger partial charge in [0.25, 0.3) is 0 Å². The molecule has 0 spiro atoms. The highest BCUT2D eigenvalue weighted by Gasteiger charge is 2.28. The predicted octanol–water partition coefficient (Wildman–Crippen LogP) is 2.21. The number of rotatable bonds is 4. The standard InChI is InChI=1S/C14H19NO2/c1-2-6-14(16)15-11-17-10-13(15)9-12-7-4-3-5-8-12/h3-5,7-8,13H,2,6,9-11H2,1H3/t13-/m0/s1. The summed E-state index contributed by atoms with van der Waals surface area (Å²) in [6, 6.07) is 10.5. The molecule has 1 aromatic rings. The molecule has 1 saturated heterocycles. The predicted molar refractivity (Wildman–Crippen MR) is 66.5 cm³/mol. The Kier molecular flexibility index (Phi) is 4.15. The van der Waals surface area contributed by atoms with Crippen LogP contribution in [-0.2, 0) is 16.0 Å². The van der Waals surface area contributed by atoms with E-state index in [0.29, 0.717) is 19.8 Å². The second-order valence-corrected chi connectivity index (χ2v) is 4.46. The van der Waals surface area contributed by atoms with Crippen molar-refractivity contribution in [1.82, 2.24) is 4.90 Å². The molecule has 3 nitrogen and oxygen atoms in total. The summed E-state index contributed by atoms with van der Waals surface area (Å²) in [7, 11) is 0. The molecule has 0 saturated carbocycles. The number of ether oxygens (including phenoxy) is 1. The first-order valence-electron chi connectivity index (χ1n) is 6.22. The van der Waals surface area contributed by atoms with E-state index in [2.05, 4.69) is 12.1 Å². The van der Waals surface area contributed by atoms with Crippen LogP contribution in [0.3, 0.4) is 0 Å². The highest BCUT2D eigenvalue weighted by Crippen LogP contribution is 2.16. The van der Waals surface area contributed by atoms with Gasteiger partial charge in [0.15, 0.2) is 0 Å². The van der Waals surface area contributed by atoms with Gasteiger partial charge in [0.05, 0.1) is 12.6 Å². The molecule has 0 aliphatic carbocycles. The summed E-state index contributed by atoms with van der Waals surface area (Å²) in [6.07, 6.45) is 2.40. The highest BCUT2D eigenvalue weighted by atomic mass is 16.5. The molecule has 1 aliphatic rings. The van der Waals surface area contributed by atoms with E-state index in [1.807, 2.05) is 30.0 Å². The molecule has 0 aromatic heterocycles. The largest absolute Gasteiger partial charge is 0.359 e. The molecule has 1 aromatic carbocycles. The smallest absolute Gasteiger partial charge is 0.224 e. The number of carbonyl (C=O) groups is 1.